The molecule has 1 unspecified atom stereocenters. The summed E-state index contributed by atoms with van der Waals surface area (Å²) in [7, 11) is 0.542. The first-order valence-electron chi connectivity index (χ1n) is 8.51. The number of ether oxygens (including phenoxy) is 1. The number of nitrogens with zero attached hydrogens (tertiary/aromatic N) is 2. The summed E-state index contributed by atoms with van der Waals surface area (Å²) in [6.45, 7) is 7.30. The average Bonchev–Trinajstić information content (AvgIpc) is 3.09. The summed E-state index contributed by atoms with van der Waals surface area (Å²) in [5.41, 5.74) is 1.56. The van der Waals surface area contributed by atoms with Gasteiger partial charge in [0.2, 0.25) is 5.91 Å². The molecule has 1 aliphatic rings. The summed E-state index contributed by atoms with van der Waals surface area (Å²) in [5.74, 6) is 0.839. The molecule has 3 rings (SSSR count). The lowest BCUT2D eigenvalue weighted by Crippen LogP contribution is -2.43. The van der Waals surface area contributed by atoms with Crippen LogP contribution in [0, 0.1) is 0 Å². The van der Waals surface area contributed by atoms with Crippen molar-refractivity contribution >= 4 is 28.2 Å². The van der Waals surface area contributed by atoms with E-state index in [0.717, 1.165) is 21.1 Å². The van der Waals surface area contributed by atoms with Gasteiger partial charge in [0.15, 0.2) is 0 Å². The summed E-state index contributed by atoms with van der Waals surface area (Å²) in [6.07, 6.45) is 0. The minimum absolute atomic E-state index is 0.0240. The van der Waals surface area contributed by atoms with Crippen molar-refractivity contribution in [3.05, 3.63) is 46.8 Å². The fourth-order valence-electron chi connectivity index (χ4n) is 3.08. The Balaban J connectivity index is 1.97. The predicted molar refractivity (Wildman–Crippen MR) is 105 cm³/mol. The van der Waals surface area contributed by atoms with E-state index in [1.807, 2.05) is 34.0 Å². The normalized spacial score (nSPS) is 17.7. The lowest BCUT2D eigenvalue weighted by Gasteiger charge is -2.35. The second kappa shape index (κ2) is 7.50. The minimum atomic E-state index is -1.24. The number of rotatable bonds is 4. The summed E-state index contributed by atoms with van der Waals surface area (Å²) in [4.78, 5) is 13.2. The smallest absolute Gasteiger partial charge is 0.219 e. The van der Waals surface area contributed by atoms with Crippen LogP contribution in [0.5, 0.6) is 5.75 Å². The molecule has 5 nitrogen and oxygen atoms in total. The number of carbonyl (C=O) groups excluding carboxylic acids is 1. The number of amides is 1. The fourth-order valence-corrected chi connectivity index (χ4v) is 5.46. The fraction of sp³-hybridized carbons (Fsp3) is 0.421. The van der Waals surface area contributed by atoms with Crippen molar-refractivity contribution < 1.29 is 13.7 Å². The Morgan fingerprint density at radius 1 is 1.38 bits per heavy atom. The van der Waals surface area contributed by atoms with Crippen molar-refractivity contribution in [1.29, 1.82) is 0 Å². The second-order valence-electron chi connectivity index (χ2n) is 6.90. The van der Waals surface area contributed by atoms with E-state index in [9.17, 15) is 9.00 Å². The highest BCUT2D eigenvalue weighted by molar-refractivity contribution is 7.85. The van der Waals surface area contributed by atoms with Gasteiger partial charge in [-0.25, -0.2) is 8.51 Å². The van der Waals surface area contributed by atoms with Gasteiger partial charge >= 0.3 is 0 Å². The van der Waals surface area contributed by atoms with Crippen LogP contribution < -0.4 is 4.74 Å². The van der Waals surface area contributed by atoms with E-state index in [4.69, 9.17) is 4.74 Å². The molecule has 0 aliphatic carbocycles. The molecule has 0 bridgehead atoms. The van der Waals surface area contributed by atoms with Crippen LogP contribution in [0.2, 0.25) is 0 Å². The van der Waals surface area contributed by atoms with Gasteiger partial charge in [0.25, 0.3) is 0 Å². The molecule has 1 aromatic carbocycles. The maximum absolute atomic E-state index is 13.1. The molecule has 0 spiro atoms. The molecular formula is C19H24N2O3S2. The van der Waals surface area contributed by atoms with Crippen molar-refractivity contribution in [2.24, 2.45) is 0 Å². The lowest BCUT2D eigenvalue weighted by molar-refractivity contribution is -0.128. The van der Waals surface area contributed by atoms with Gasteiger partial charge in [-0.3, -0.25) is 4.79 Å². The lowest BCUT2D eigenvalue weighted by atomic mass is 9.92. The topological polar surface area (TPSA) is 49.9 Å². The maximum Gasteiger partial charge on any atom is 0.219 e. The van der Waals surface area contributed by atoms with E-state index in [-0.39, 0.29) is 5.91 Å². The quantitative estimate of drug-likeness (QED) is 0.801. The Labute approximate surface area is 161 Å². The van der Waals surface area contributed by atoms with Crippen molar-refractivity contribution in [2.75, 3.05) is 20.2 Å². The van der Waals surface area contributed by atoms with E-state index in [2.05, 4.69) is 19.9 Å². The van der Waals surface area contributed by atoms with Crippen LogP contribution >= 0.6 is 11.3 Å². The molecule has 26 heavy (non-hydrogen) atoms. The van der Waals surface area contributed by atoms with Gasteiger partial charge in [-0.15, -0.1) is 11.3 Å². The summed E-state index contributed by atoms with van der Waals surface area (Å²) < 4.78 is 21.9. The molecule has 0 N–H and O–H groups in total. The number of thiophene rings is 1. The zero-order valence-electron chi connectivity index (χ0n) is 15.5. The van der Waals surface area contributed by atoms with E-state index in [1.54, 1.807) is 18.9 Å². The van der Waals surface area contributed by atoms with Gasteiger partial charge in [0, 0.05) is 32.6 Å². The predicted octanol–water partition coefficient (Wildman–Crippen LogP) is 3.38. The minimum Gasteiger partial charge on any atom is -0.492 e. The van der Waals surface area contributed by atoms with E-state index in [1.165, 1.54) is 11.3 Å². The number of fused-ring (bicyclic) bond motifs is 1. The Hall–Kier alpha value is -1.70. The molecule has 1 aliphatic heterocycles. The molecular weight excluding hydrogens is 368 g/mol. The van der Waals surface area contributed by atoms with Gasteiger partial charge in [-0.2, -0.15) is 0 Å². The average molecular weight is 393 g/mol. The second-order valence-corrected chi connectivity index (χ2v) is 9.48. The molecule has 2 aromatic rings. The van der Waals surface area contributed by atoms with Crippen molar-refractivity contribution in [3.63, 3.8) is 0 Å². The Kier molecular flexibility index (Phi) is 5.50. The van der Waals surface area contributed by atoms with E-state index in [0.29, 0.717) is 19.7 Å². The van der Waals surface area contributed by atoms with Gasteiger partial charge in [-0.1, -0.05) is 12.1 Å². The van der Waals surface area contributed by atoms with Gasteiger partial charge in [0.1, 0.15) is 27.6 Å². The molecule has 0 radical (unpaired) electrons. The van der Waals surface area contributed by atoms with Crippen LogP contribution in [-0.4, -0.2) is 39.5 Å². The van der Waals surface area contributed by atoms with E-state index < -0.39 is 16.5 Å². The van der Waals surface area contributed by atoms with Crippen LogP contribution in [0.25, 0.3) is 0 Å². The van der Waals surface area contributed by atoms with Crippen LogP contribution in [0.15, 0.2) is 39.9 Å². The van der Waals surface area contributed by atoms with Crippen LogP contribution in [0.3, 0.4) is 0 Å². The SMILES string of the molecule is CC(=O)N(C)Cc1ccc2c(c1)C(C)(C)N(S(=O)c1cccs1)CCO2. The van der Waals surface area contributed by atoms with Gasteiger partial charge in [0.05, 0.1) is 5.54 Å². The third kappa shape index (κ3) is 3.70. The number of hydrogen-bond donors (Lipinski definition) is 0. The van der Waals surface area contributed by atoms with Crippen LogP contribution in [-0.2, 0) is 27.9 Å². The summed E-state index contributed by atoms with van der Waals surface area (Å²) in [5, 5.41) is 1.94. The molecule has 0 fully saturated rings. The third-order valence-electron chi connectivity index (χ3n) is 4.70. The van der Waals surface area contributed by atoms with Crippen molar-refractivity contribution in [2.45, 2.75) is 37.1 Å². The highest BCUT2D eigenvalue weighted by Gasteiger charge is 2.38. The molecule has 0 saturated carbocycles. The zero-order valence-corrected chi connectivity index (χ0v) is 17.2. The first-order valence-corrected chi connectivity index (χ1v) is 10.5. The third-order valence-corrected chi connectivity index (χ3v) is 7.60. The molecule has 7 heteroatoms. The first-order chi connectivity index (χ1) is 12.3. The number of carbonyl (C=O) groups is 1. The Morgan fingerprint density at radius 3 is 2.81 bits per heavy atom. The van der Waals surface area contributed by atoms with Crippen LogP contribution in [0.1, 0.15) is 31.9 Å². The number of benzene rings is 1. The van der Waals surface area contributed by atoms with Gasteiger partial charge in [-0.05, 0) is 43.0 Å². The van der Waals surface area contributed by atoms with Gasteiger partial charge < -0.3 is 9.64 Å². The molecule has 1 amide bonds. The molecule has 0 saturated heterocycles. The Morgan fingerprint density at radius 2 is 2.15 bits per heavy atom. The van der Waals surface area contributed by atoms with Crippen LogP contribution in [0.4, 0.5) is 0 Å². The largest absolute Gasteiger partial charge is 0.492 e. The zero-order chi connectivity index (χ0) is 18.9. The Bertz CT molecular complexity index is 818. The van der Waals surface area contributed by atoms with E-state index >= 15 is 0 Å². The summed E-state index contributed by atoms with van der Waals surface area (Å²) in [6, 6.07) is 9.83. The highest BCUT2D eigenvalue weighted by atomic mass is 32.2. The molecule has 1 aromatic heterocycles. The highest BCUT2D eigenvalue weighted by Crippen LogP contribution is 2.39. The maximum atomic E-state index is 13.1. The molecule has 2 heterocycles. The monoisotopic (exact) mass is 392 g/mol. The van der Waals surface area contributed by atoms with Crippen molar-refractivity contribution in [1.82, 2.24) is 9.21 Å². The number of hydrogen-bond acceptors (Lipinski definition) is 4. The first kappa shape index (κ1) is 19.1. The van der Waals surface area contributed by atoms with Crippen molar-refractivity contribution in [3.8, 4) is 5.75 Å². The standard InChI is InChI=1S/C19H24N2O3S2/c1-14(22)20(4)13-15-7-8-17-16(12-15)19(2,3)21(9-10-24-17)26(23)18-6-5-11-25-18/h5-8,11-12H,9-10,13H2,1-4H3. The molecule has 140 valence electrons. The molecule has 1 atom stereocenters. The summed E-state index contributed by atoms with van der Waals surface area (Å²) >= 11 is 1.50.